The third kappa shape index (κ3) is 3.14. The van der Waals surface area contributed by atoms with Gasteiger partial charge in [-0.25, -0.2) is 9.97 Å². The van der Waals surface area contributed by atoms with Crippen molar-refractivity contribution in [1.29, 1.82) is 0 Å². The molecule has 4 heterocycles. The minimum atomic E-state index is -0.0843. The third-order valence-electron chi connectivity index (χ3n) is 4.77. The molecule has 8 nitrogen and oxygen atoms in total. The van der Waals surface area contributed by atoms with E-state index in [0.29, 0.717) is 30.1 Å². The van der Waals surface area contributed by atoms with Crippen LogP contribution in [0.1, 0.15) is 34.4 Å². The van der Waals surface area contributed by atoms with E-state index >= 15 is 0 Å². The van der Waals surface area contributed by atoms with Crippen LogP contribution in [-0.4, -0.2) is 49.1 Å². The highest BCUT2D eigenvalue weighted by Gasteiger charge is 2.31. The van der Waals surface area contributed by atoms with Gasteiger partial charge in [0.15, 0.2) is 0 Å². The van der Waals surface area contributed by atoms with Gasteiger partial charge in [0, 0.05) is 24.0 Å². The summed E-state index contributed by atoms with van der Waals surface area (Å²) in [5, 5.41) is 7.00. The van der Waals surface area contributed by atoms with Crippen LogP contribution in [0.2, 0.25) is 0 Å². The molecule has 0 bridgehead atoms. The zero-order chi connectivity index (χ0) is 19.0. The van der Waals surface area contributed by atoms with Gasteiger partial charge in [0.05, 0.1) is 42.5 Å². The van der Waals surface area contributed by atoms with E-state index in [1.54, 1.807) is 31.8 Å². The molecular formula is C19H20N6O2. The lowest BCUT2D eigenvalue weighted by molar-refractivity contribution is 0.0653. The molecule has 27 heavy (non-hydrogen) atoms. The van der Waals surface area contributed by atoms with E-state index in [2.05, 4.69) is 25.1 Å². The van der Waals surface area contributed by atoms with Gasteiger partial charge < -0.3 is 9.64 Å². The largest absolute Gasteiger partial charge is 0.495 e. The Hall–Kier alpha value is -3.29. The molecule has 1 aliphatic rings. The zero-order valence-electron chi connectivity index (χ0n) is 15.4. The molecule has 0 radical (unpaired) electrons. The van der Waals surface area contributed by atoms with Crippen molar-refractivity contribution in [3.8, 4) is 17.1 Å². The van der Waals surface area contributed by atoms with E-state index in [4.69, 9.17) is 4.74 Å². The number of aryl methyl sites for hydroxylation is 1. The van der Waals surface area contributed by atoms with Crippen molar-refractivity contribution in [2.45, 2.75) is 32.9 Å². The number of methoxy groups -OCH3 is 1. The van der Waals surface area contributed by atoms with Crippen LogP contribution < -0.4 is 4.74 Å². The predicted molar refractivity (Wildman–Crippen MR) is 98.2 cm³/mol. The van der Waals surface area contributed by atoms with Crippen molar-refractivity contribution in [3.05, 3.63) is 53.4 Å². The number of aromatic amines is 1. The maximum Gasteiger partial charge on any atom is 0.256 e. The highest BCUT2D eigenvalue weighted by Crippen LogP contribution is 2.30. The normalized spacial score (nSPS) is 16.1. The molecule has 0 aromatic carbocycles. The molecule has 0 spiro atoms. The number of nitrogens with one attached hydrogen (secondary N) is 1. The van der Waals surface area contributed by atoms with E-state index in [0.717, 1.165) is 22.6 Å². The number of carbonyl (C=O) groups excluding carboxylic acids is 1. The average molecular weight is 364 g/mol. The van der Waals surface area contributed by atoms with Gasteiger partial charge >= 0.3 is 0 Å². The SMILES string of the molecule is COc1cncc(C(=O)N2Cc3nc(C)nc(-c4ccn[nH]4)c3CC2C)c1. The van der Waals surface area contributed by atoms with Crippen LogP contribution in [0.15, 0.2) is 30.7 Å². The first-order chi connectivity index (χ1) is 13.1. The van der Waals surface area contributed by atoms with Gasteiger partial charge in [-0.3, -0.25) is 14.9 Å². The number of hydrogen-bond acceptors (Lipinski definition) is 6. The quantitative estimate of drug-likeness (QED) is 0.765. The number of H-pyrrole nitrogens is 1. The third-order valence-corrected chi connectivity index (χ3v) is 4.77. The summed E-state index contributed by atoms with van der Waals surface area (Å²) < 4.78 is 5.18. The number of fused-ring (bicyclic) bond motifs is 1. The lowest BCUT2D eigenvalue weighted by Gasteiger charge is -2.35. The lowest BCUT2D eigenvalue weighted by atomic mass is 9.95. The fourth-order valence-electron chi connectivity index (χ4n) is 3.42. The van der Waals surface area contributed by atoms with Crippen molar-refractivity contribution in [1.82, 2.24) is 30.0 Å². The summed E-state index contributed by atoms with van der Waals surface area (Å²) in [6.07, 6.45) is 5.53. The number of pyridine rings is 1. The fraction of sp³-hybridized carbons (Fsp3) is 0.316. The monoisotopic (exact) mass is 364 g/mol. The van der Waals surface area contributed by atoms with Gasteiger partial charge in [-0.1, -0.05) is 0 Å². The standard InChI is InChI=1S/C19H20N6O2/c1-11-6-15-17(22-12(2)23-18(15)16-4-5-21-24-16)10-25(11)19(26)13-7-14(27-3)9-20-8-13/h4-5,7-9,11H,6,10H2,1-3H3,(H,21,24). The van der Waals surface area contributed by atoms with E-state index in [1.807, 2.05) is 24.8 Å². The van der Waals surface area contributed by atoms with Crippen molar-refractivity contribution in [3.63, 3.8) is 0 Å². The molecule has 1 unspecified atom stereocenters. The van der Waals surface area contributed by atoms with Crippen molar-refractivity contribution < 1.29 is 9.53 Å². The second kappa shape index (κ2) is 6.79. The maximum absolute atomic E-state index is 13.1. The summed E-state index contributed by atoms with van der Waals surface area (Å²) in [6, 6.07) is 3.61. The first-order valence-electron chi connectivity index (χ1n) is 8.73. The lowest BCUT2D eigenvalue weighted by Crippen LogP contribution is -2.43. The summed E-state index contributed by atoms with van der Waals surface area (Å²) in [4.78, 5) is 28.2. The molecule has 8 heteroatoms. The summed E-state index contributed by atoms with van der Waals surface area (Å²) in [6.45, 7) is 4.32. The summed E-state index contributed by atoms with van der Waals surface area (Å²) >= 11 is 0. The van der Waals surface area contributed by atoms with Gasteiger partial charge in [-0.05, 0) is 32.4 Å². The van der Waals surface area contributed by atoms with Crippen LogP contribution >= 0.6 is 0 Å². The number of carbonyl (C=O) groups is 1. The topological polar surface area (TPSA) is 96.9 Å². The highest BCUT2D eigenvalue weighted by molar-refractivity contribution is 5.94. The van der Waals surface area contributed by atoms with Crippen molar-refractivity contribution in [2.75, 3.05) is 7.11 Å². The Morgan fingerprint density at radius 2 is 2.19 bits per heavy atom. The van der Waals surface area contributed by atoms with Crippen LogP contribution in [0, 0.1) is 6.92 Å². The predicted octanol–water partition coefficient (Wildman–Crippen LogP) is 2.17. The molecule has 1 amide bonds. The van der Waals surface area contributed by atoms with Gasteiger partial charge in [0.1, 0.15) is 11.6 Å². The first kappa shape index (κ1) is 17.1. The van der Waals surface area contributed by atoms with Crippen molar-refractivity contribution >= 4 is 5.91 Å². The fourth-order valence-corrected chi connectivity index (χ4v) is 3.42. The summed E-state index contributed by atoms with van der Waals surface area (Å²) in [5.74, 6) is 1.15. The van der Waals surface area contributed by atoms with Crippen molar-refractivity contribution in [2.24, 2.45) is 0 Å². The number of rotatable bonds is 3. The molecule has 0 fully saturated rings. The number of ether oxygens (including phenoxy) is 1. The molecular weight excluding hydrogens is 344 g/mol. The minimum absolute atomic E-state index is 0.00387. The van der Waals surface area contributed by atoms with Crippen LogP contribution in [0.3, 0.4) is 0 Å². The molecule has 1 aliphatic heterocycles. The second-order valence-corrected chi connectivity index (χ2v) is 6.61. The van der Waals surface area contributed by atoms with E-state index < -0.39 is 0 Å². The summed E-state index contributed by atoms with van der Waals surface area (Å²) in [5.41, 5.74) is 4.15. The molecule has 3 aromatic rings. The molecule has 1 atom stereocenters. The van der Waals surface area contributed by atoms with Crippen LogP contribution in [-0.2, 0) is 13.0 Å². The van der Waals surface area contributed by atoms with Crippen LogP contribution in [0.4, 0.5) is 0 Å². The van der Waals surface area contributed by atoms with Gasteiger partial charge in [-0.15, -0.1) is 0 Å². The minimum Gasteiger partial charge on any atom is -0.495 e. The average Bonchev–Trinajstić information content (AvgIpc) is 3.21. The van der Waals surface area contributed by atoms with E-state index in [1.165, 1.54) is 0 Å². The Kier molecular flexibility index (Phi) is 4.31. The number of aromatic nitrogens is 5. The Bertz CT molecular complexity index is 986. The first-order valence-corrected chi connectivity index (χ1v) is 8.73. The van der Waals surface area contributed by atoms with E-state index in [9.17, 15) is 4.79 Å². The second-order valence-electron chi connectivity index (χ2n) is 6.61. The zero-order valence-corrected chi connectivity index (χ0v) is 15.4. The molecule has 1 N–H and O–H groups in total. The smallest absolute Gasteiger partial charge is 0.256 e. The number of nitrogens with zero attached hydrogens (tertiary/aromatic N) is 5. The van der Waals surface area contributed by atoms with Gasteiger partial charge in [-0.2, -0.15) is 5.10 Å². The van der Waals surface area contributed by atoms with E-state index in [-0.39, 0.29) is 11.9 Å². The molecule has 138 valence electrons. The molecule has 0 saturated heterocycles. The van der Waals surface area contributed by atoms with Crippen LogP contribution in [0.25, 0.3) is 11.4 Å². The molecule has 3 aromatic heterocycles. The highest BCUT2D eigenvalue weighted by atomic mass is 16.5. The summed E-state index contributed by atoms with van der Waals surface area (Å²) in [7, 11) is 1.56. The molecule has 4 rings (SSSR count). The van der Waals surface area contributed by atoms with Crippen LogP contribution in [0.5, 0.6) is 5.75 Å². The Morgan fingerprint density at radius 3 is 2.93 bits per heavy atom. The van der Waals surface area contributed by atoms with Gasteiger partial charge in [0.2, 0.25) is 0 Å². The number of amides is 1. The maximum atomic E-state index is 13.1. The number of hydrogen-bond donors (Lipinski definition) is 1. The Morgan fingerprint density at radius 1 is 1.33 bits per heavy atom. The molecule has 0 aliphatic carbocycles. The van der Waals surface area contributed by atoms with Gasteiger partial charge in [0.25, 0.3) is 5.91 Å². The Balaban J connectivity index is 1.70. The Labute approximate surface area is 156 Å². The molecule has 0 saturated carbocycles.